The number of rotatable bonds is 26. The monoisotopic (exact) mass is 827 g/mol. The molecule has 2 fully saturated rings. The lowest BCUT2D eigenvalue weighted by Gasteiger charge is -2.40. The van der Waals surface area contributed by atoms with E-state index in [1.54, 1.807) is 0 Å². The zero-order chi connectivity index (χ0) is 42.5. The molecule has 0 spiro atoms. The van der Waals surface area contributed by atoms with Crippen LogP contribution < -0.4 is 0 Å². The molecule has 2 atom stereocenters. The van der Waals surface area contributed by atoms with E-state index in [4.69, 9.17) is 24.7 Å². The molecular weight excluding hydrogens is 745 g/mol. The Hall–Kier alpha value is -3.44. The highest BCUT2D eigenvalue weighted by molar-refractivity contribution is 5.59. The molecule has 2 aromatic heterocycles. The van der Waals surface area contributed by atoms with E-state index in [9.17, 15) is 0 Å². The Kier molecular flexibility index (Phi) is 20.2. The van der Waals surface area contributed by atoms with Crippen LogP contribution in [0.3, 0.4) is 0 Å². The van der Waals surface area contributed by atoms with E-state index >= 15 is 0 Å². The zero-order valence-electron chi connectivity index (χ0n) is 39.0. The summed E-state index contributed by atoms with van der Waals surface area (Å²) in [7, 11) is 0. The molecule has 0 saturated heterocycles. The molecule has 2 aromatic carbocycles. The Balaban J connectivity index is 1.23. The molecular formula is C56H82N4O. The van der Waals surface area contributed by atoms with Gasteiger partial charge in [-0.05, 0) is 86.2 Å². The van der Waals surface area contributed by atoms with Gasteiger partial charge in [-0.3, -0.25) is 19.9 Å². The van der Waals surface area contributed by atoms with Gasteiger partial charge in [0.25, 0.3) is 0 Å². The normalized spacial score (nSPS) is 20.4. The van der Waals surface area contributed by atoms with Crippen LogP contribution in [0.25, 0.3) is 22.5 Å². The second-order valence-corrected chi connectivity index (χ2v) is 19.2. The summed E-state index contributed by atoms with van der Waals surface area (Å²) in [5.41, 5.74) is 9.01. The van der Waals surface area contributed by atoms with Crippen molar-refractivity contribution in [1.29, 1.82) is 0 Å². The molecule has 6 rings (SSSR count). The number of hydrogen-bond donors (Lipinski definition) is 0. The molecule has 4 aromatic rings. The molecule has 5 heteroatoms. The quantitative estimate of drug-likeness (QED) is 0.0590. The average Bonchev–Trinajstić information content (AvgIpc) is 3.31. The van der Waals surface area contributed by atoms with Gasteiger partial charge in [-0.25, -0.2) is 0 Å². The van der Waals surface area contributed by atoms with Gasteiger partial charge in [0.05, 0.1) is 47.4 Å². The molecule has 332 valence electrons. The number of aryl methyl sites for hydroxylation is 2. The standard InChI is InChI=1S/C56H82N4O/c1-5-9-13-17-21-51-39-59-53(41-57-51)45-31-35-49(36-32-45)55(47-27-23-43(24-28-47)19-15-11-7-3)61-56(48-29-25-44(26-30-48)20-16-12-8-4)50-37-33-46(34-38-50)54-42-58-52(40-60-54)22-18-14-10-6-2/h31-44,47-48,55-56H,5-30H2,1-4H3/t43-,44-,47-,48-,55?,56?. The lowest BCUT2D eigenvalue weighted by molar-refractivity contribution is -0.0907. The molecule has 2 aliphatic rings. The van der Waals surface area contributed by atoms with Crippen molar-refractivity contribution in [1.82, 2.24) is 19.9 Å². The highest BCUT2D eigenvalue weighted by Crippen LogP contribution is 2.47. The van der Waals surface area contributed by atoms with E-state index < -0.39 is 0 Å². The van der Waals surface area contributed by atoms with Crippen molar-refractivity contribution in [2.75, 3.05) is 0 Å². The van der Waals surface area contributed by atoms with Crippen LogP contribution in [0.15, 0.2) is 73.3 Å². The van der Waals surface area contributed by atoms with Gasteiger partial charge in [0.1, 0.15) is 0 Å². The summed E-state index contributed by atoms with van der Waals surface area (Å²) in [6, 6.07) is 18.5. The first-order valence-electron chi connectivity index (χ1n) is 25.6. The number of nitrogens with zero attached hydrogens (tertiary/aromatic N) is 4. The maximum Gasteiger partial charge on any atom is 0.0885 e. The summed E-state index contributed by atoms with van der Waals surface area (Å²) in [5, 5.41) is 0. The molecule has 0 bridgehead atoms. The van der Waals surface area contributed by atoms with Gasteiger partial charge in [0, 0.05) is 23.5 Å². The molecule has 2 unspecified atom stereocenters. The van der Waals surface area contributed by atoms with Crippen LogP contribution in [0, 0.1) is 23.7 Å². The fraction of sp³-hybridized carbons (Fsp3) is 0.643. The van der Waals surface area contributed by atoms with Gasteiger partial charge < -0.3 is 4.74 Å². The number of unbranched alkanes of at least 4 members (excludes halogenated alkanes) is 10. The maximum absolute atomic E-state index is 7.75. The molecule has 2 saturated carbocycles. The highest BCUT2D eigenvalue weighted by atomic mass is 16.5. The molecule has 2 aliphatic carbocycles. The minimum absolute atomic E-state index is 0.0601. The van der Waals surface area contributed by atoms with Crippen molar-refractivity contribution in [2.45, 2.75) is 207 Å². The third kappa shape index (κ3) is 14.8. The smallest absolute Gasteiger partial charge is 0.0885 e. The zero-order valence-corrected chi connectivity index (χ0v) is 39.0. The second kappa shape index (κ2) is 26.2. The third-order valence-electron chi connectivity index (χ3n) is 14.4. The largest absolute Gasteiger partial charge is 0.365 e. The van der Waals surface area contributed by atoms with Gasteiger partial charge in [-0.2, -0.15) is 0 Å². The van der Waals surface area contributed by atoms with Crippen molar-refractivity contribution >= 4 is 0 Å². The van der Waals surface area contributed by atoms with E-state index in [2.05, 4.69) is 76.2 Å². The predicted molar refractivity (Wildman–Crippen MR) is 256 cm³/mol. The first-order chi connectivity index (χ1) is 30.1. The fourth-order valence-electron chi connectivity index (χ4n) is 10.4. The molecule has 61 heavy (non-hydrogen) atoms. The van der Waals surface area contributed by atoms with Crippen LogP contribution in [0.1, 0.15) is 217 Å². The summed E-state index contributed by atoms with van der Waals surface area (Å²) in [4.78, 5) is 19.4. The number of ether oxygens (including phenoxy) is 1. The molecule has 5 nitrogen and oxygen atoms in total. The lowest BCUT2D eigenvalue weighted by Crippen LogP contribution is -2.28. The Morgan fingerprint density at radius 1 is 0.426 bits per heavy atom. The van der Waals surface area contributed by atoms with E-state index in [-0.39, 0.29) is 12.2 Å². The van der Waals surface area contributed by atoms with Crippen LogP contribution in [0.5, 0.6) is 0 Å². The van der Waals surface area contributed by atoms with Gasteiger partial charge in [0.2, 0.25) is 0 Å². The number of hydrogen-bond acceptors (Lipinski definition) is 5. The molecule has 0 amide bonds. The summed E-state index contributed by atoms with van der Waals surface area (Å²) in [6.07, 6.45) is 41.2. The van der Waals surface area contributed by atoms with Crippen LogP contribution in [-0.4, -0.2) is 19.9 Å². The Morgan fingerprint density at radius 2 is 0.803 bits per heavy atom. The van der Waals surface area contributed by atoms with Crippen LogP contribution in [-0.2, 0) is 17.6 Å². The average molecular weight is 827 g/mol. The summed E-state index contributed by atoms with van der Waals surface area (Å²) >= 11 is 0. The minimum atomic E-state index is 0.0601. The SMILES string of the molecule is CCCCCCc1cnc(-c2ccc(C(OC(c3ccc(-c4cnc(CCCCCC)cn4)cc3)[C@H]3CC[C@H](CCCCC)CC3)[C@H]3CC[C@H](CCCCC)CC3)cc2)cn1. The van der Waals surface area contributed by atoms with E-state index in [0.29, 0.717) is 11.8 Å². The van der Waals surface area contributed by atoms with Crippen molar-refractivity contribution in [3.8, 4) is 22.5 Å². The summed E-state index contributed by atoms with van der Waals surface area (Å²) in [5.74, 6) is 2.76. The fourth-order valence-corrected chi connectivity index (χ4v) is 10.4. The highest BCUT2D eigenvalue weighted by Gasteiger charge is 2.36. The van der Waals surface area contributed by atoms with Gasteiger partial charge in [0.15, 0.2) is 0 Å². The van der Waals surface area contributed by atoms with Crippen LogP contribution >= 0.6 is 0 Å². The topological polar surface area (TPSA) is 60.8 Å². The van der Waals surface area contributed by atoms with Gasteiger partial charge in [-0.15, -0.1) is 0 Å². The molecule has 0 N–H and O–H groups in total. The predicted octanol–water partition coefficient (Wildman–Crippen LogP) is 16.4. The van der Waals surface area contributed by atoms with Gasteiger partial charge in [-0.1, -0.05) is 192 Å². The lowest BCUT2D eigenvalue weighted by atomic mass is 9.74. The number of benzene rings is 2. The Morgan fingerprint density at radius 3 is 1.15 bits per heavy atom. The Bertz CT molecular complexity index is 1610. The van der Waals surface area contributed by atoms with E-state index in [1.807, 2.05) is 24.8 Å². The first-order valence-corrected chi connectivity index (χ1v) is 25.6. The third-order valence-corrected chi connectivity index (χ3v) is 14.4. The van der Waals surface area contributed by atoms with Crippen molar-refractivity contribution in [3.05, 3.63) is 95.8 Å². The summed E-state index contributed by atoms with van der Waals surface area (Å²) in [6.45, 7) is 9.17. The van der Waals surface area contributed by atoms with Gasteiger partial charge >= 0.3 is 0 Å². The minimum Gasteiger partial charge on any atom is -0.365 e. The number of aromatic nitrogens is 4. The van der Waals surface area contributed by atoms with Crippen molar-refractivity contribution in [2.24, 2.45) is 23.7 Å². The molecule has 0 radical (unpaired) electrons. The molecule has 2 heterocycles. The van der Waals surface area contributed by atoms with E-state index in [1.165, 1.54) is 165 Å². The first kappa shape index (κ1) is 47.0. The maximum atomic E-state index is 7.75. The second-order valence-electron chi connectivity index (χ2n) is 19.2. The molecule has 0 aliphatic heterocycles. The van der Waals surface area contributed by atoms with Crippen LogP contribution in [0.4, 0.5) is 0 Å². The van der Waals surface area contributed by atoms with E-state index in [0.717, 1.165) is 58.6 Å². The van der Waals surface area contributed by atoms with Crippen molar-refractivity contribution in [3.63, 3.8) is 0 Å². The van der Waals surface area contributed by atoms with Crippen molar-refractivity contribution < 1.29 is 4.74 Å². The van der Waals surface area contributed by atoms with Crippen LogP contribution in [0.2, 0.25) is 0 Å². The summed E-state index contributed by atoms with van der Waals surface area (Å²) < 4.78 is 7.75. The Labute approximate surface area is 372 Å².